The lowest BCUT2D eigenvalue weighted by atomic mass is 9.92. The zero-order valence-electron chi connectivity index (χ0n) is 27.7. The smallest absolute Gasteiger partial charge is 0.451 e. The Balaban J connectivity index is 1.33. The highest BCUT2D eigenvalue weighted by Crippen LogP contribution is 2.38. The van der Waals surface area contributed by atoms with Crippen molar-refractivity contribution < 1.29 is 32.6 Å². The molecule has 0 saturated heterocycles. The minimum absolute atomic E-state index is 0.0257. The number of nitrogens with one attached hydrogen (secondary N) is 3. The summed E-state index contributed by atoms with van der Waals surface area (Å²) in [6.45, 7) is 1.91. The van der Waals surface area contributed by atoms with Gasteiger partial charge in [-0.25, -0.2) is 9.78 Å². The predicted molar refractivity (Wildman–Crippen MR) is 181 cm³/mol. The molecule has 2 aromatic heterocycles. The van der Waals surface area contributed by atoms with E-state index in [0.29, 0.717) is 23.4 Å². The second-order valence-electron chi connectivity index (χ2n) is 12.9. The number of carbonyl (C=O) groups excluding carboxylic acids is 2. The summed E-state index contributed by atoms with van der Waals surface area (Å²) >= 11 is 0. The van der Waals surface area contributed by atoms with Gasteiger partial charge < -0.3 is 36.1 Å². The molecule has 0 bridgehead atoms. The molecular formula is C35H38F3N9O4. The third kappa shape index (κ3) is 7.89. The lowest BCUT2D eigenvalue weighted by molar-refractivity contribution is -0.209. The first kappa shape index (κ1) is 35.6. The van der Waals surface area contributed by atoms with Gasteiger partial charge in [-0.05, 0) is 54.9 Å². The molecule has 6 rings (SSSR count). The SMILES string of the molecule is CCC(=O)N[C@H]1C[C@@H](n2cnc3c(NCc4ccc(-c5ccccc5C#N)cc4)nc(NC4CCC(N)CC4)nc32)[C@H](OC(=O)C(F)(F)F)[C@@H]1O. The van der Waals surface area contributed by atoms with E-state index in [1.807, 2.05) is 42.5 Å². The molecule has 51 heavy (non-hydrogen) atoms. The van der Waals surface area contributed by atoms with Crippen molar-refractivity contribution in [2.45, 2.75) is 94.5 Å². The Labute approximate surface area is 291 Å². The first-order valence-corrected chi connectivity index (χ1v) is 16.8. The fourth-order valence-electron chi connectivity index (χ4n) is 6.67. The van der Waals surface area contributed by atoms with Crippen molar-refractivity contribution >= 4 is 34.8 Å². The third-order valence-corrected chi connectivity index (χ3v) is 9.42. The van der Waals surface area contributed by atoms with E-state index < -0.39 is 42.3 Å². The molecule has 4 aromatic rings. The summed E-state index contributed by atoms with van der Waals surface area (Å²) in [5, 5.41) is 29.9. The summed E-state index contributed by atoms with van der Waals surface area (Å²) in [4.78, 5) is 38.2. The first-order valence-electron chi connectivity index (χ1n) is 16.8. The van der Waals surface area contributed by atoms with E-state index in [0.717, 1.165) is 42.4 Å². The van der Waals surface area contributed by atoms with Crippen molar-refractivity contribution in [2.24, 2.45) is 5.73 Å². The van der Waals surface area contributed by atoms with Crippen LogP contribution in [0.15, 0.2) is 54.9 Å². The predicted octanol–water partition coefficient (Wildman–Crippen LogP) is 4.33. The molecule has 2 fully saturated rings. The molecule has 16 heteroatoms. The fraction of sp³-hybridized carbons (Fsp3) is 0.429. The van der Waals surface area contributed by atoms with E-state index in [1.165, 1.54) is 10.9 Å². The summed E-state index contributed by atoms with van der Waals surface area (Å²) in [6.07, 6.45) is -4.05. The third-order valence-electron chi connectivity index (χ3n) is 9.42. The van der Waals surface area contributed by atoms with Crippen LogP contribution < -0.4 is 21.7 Å². The summed E-state index contributed by atoms with van der Waals surface area (Å²) in [7, 11) is 0. The Morgan fingerprint density at radius 3 is 2.51 bits per heavy atom. The number of aliphatic hydroxyl groups is 1. The van der Waals surface area contributed by atoms with Crippen LogP contribution in [-0.4, -0.2) is 73.0 Å². The van der Waals surface area contributed by atoms with Gasteiger partial charge in [-0.2, -0.15) is 28.4 Å². The Kier molecular flexibility index (Phi) is 10.4. The van der Waals surface area contributed by atoms with Crippen LogP contribution in [0, 0.1) is 11.3 Å². The van der Waals surface area contributed by atoms with Crippen LogP contribution in [0.2, 0.25) is 0 Å². The highest BCUT2D eigenvalue weighted by molar-refractivity contribution is 5.84. The standard InChI is InChI=1S/C35H38F3N9O4/c1-2-27(48)44-25-15-26(30(29(25)49)51-33(50)35(36,37)38)47-18-42-28-31(45-34(46-32(28)47)43-23-13-11-22(40)12-14-23)41-17-19-7-9-20(10-8-19)24-6-4-3-5-21(24)16-39/h3-10,18,22-23,25-26,29-30,49H,2,11-15,17,40H2,1H3,(H,44,48)(H2,41,43,45,46)/t22?,23?,25-,26+,29+,30-/m0/s1. The molecule has 0 unspecified atom stereocenters. The molecule has 2 saturated carbocycles. The average molecular weight is 706 g/mol. The van der Waals surface area contributed by atoms with Gasteiger partial charge in [0.2, 0.25) is 11.9 Å². The van der Waals surface area contributed by atoms with Crippen molar-refractivity contribution in [1.82, 2.24) is 24.8 Å². The molecule has 2 heterocycles. The number of alkyl halides is 3. The number of aliphatic hydroxyl groups excluding tert-OH is 1. The Morgan fingerprint density at radius 2 is 1.82 bits per heavy atom. The first-order chi connectivity index (χ1) is 24.4. The maximum Gasteiger partial charge on any atom is 0.490 e. The zero-order valence-corrected chi connectivity index (χ0v) is 27.7. The highest BCUT2D eigenvalue weighted by atomic mass is 19.4. The lowest BCUT2D eigenvalue weighted by Gasteiger charge is -2.27. The van der Waals surface area contributed by atoms with E-state index in [2.05, 4.69) is 27.0 Å². The van der Waals surface area contributed by atoms with Crippen molar-refractivity contribution in [3.63, 3.8) is 0 Å². The van der Waals surface area contributed by atoms with E-state index in [9.17, 15) is 33.1 Å². The van der Waals surface area contributed by atoms with Crippen LogP contribution in [0.3, 0.4) is 0 Å². The van der Waals surface area contributed by atoms with Crippen LogP contribution in [0.1, 0.15) is 62.6 Å². The molecule has 0 aliphatic heterocycles. The second-order valence-corrected chi connectivity index (χ2v) is 12.9. The van der Waals surface area contributed by atoms with Crippen LogP contribution in [0.5, 0.6) is 0 Å². The minimum atomic E-state index is -5.30. The maximum atomic E-state index is 13.3. The van der Waals surface area contributed by atoms with Gasteiger partial charge in [0.1, 0.15) is 6.10 Å². The normalized spacial score (nSPS) is 23.4. The maximum absolute atomic E-state index is 13.3. The Bertz CT molecular complexity index is 1920. The number of benzene rings is 2. The van der Waals surface area contributed by atoms with Crippen LogP contribution >= 0.6 is 0 Å². The van der Waals surface area contributed by atoms with E-state index in [1.54, 1.807) is 13.0 Å². The quantitative estimate of drug-likeness (QED) is 0.148. The van der Waals surface area contributed by atoms with E-state index in [4.69, 9.17) is 20.4 Å². The van der Waals surface area contributed by atoms with Gasteiger partial charge in [0.15, 0.2) is 23.1 Å². The molecule has 2 aromatic carbocycles. The van der Waals surface area contributed by atoms with Gasteiger partial charge in [0.05, 0.1) is 30.0 Å². The number of imidazole rings is 1. The summed E-state index contributed by atoms with van der Waals surface area (Å²) < 4.78 is 46.3. The molecule has 13 nitrogen and oxygen atoms in total. The number of anilines is 2. The van der Waals surface area contributed by atoms with Gasteiger partial charge in [0, 0.05) is 25.0 Å². The number of nitrogens with two attached hydrogens (primary N) is 1. The minimum Gasteiger partial charge on any atom is -0.451 e. The van der Waals surface area contributed by atoms with Gasteiger partial charge in [-0.3, -0.25) is 4.79 Å². The fourth-order valence-corrected chi connectivity index (χ4v) is 6.67. The number of fused-ring (bicyclic) bond motifs is 1. The summed E-state index contributed by atoms with van der Waals surface area (Å²) in [5.74, 6) is -2.30. The average Bonchev–Trinajstić information content (AvgIpc) is 3.68. The van der Waals surface area contributed by atoms with Crippen molar-refractivity contribution in [1.29, 1.82) is 5.26 Å². The van der Waals surface area contributed by atoms with Gasteiger partial charge in [-0.1, -0.05) is 49.4 Å². The zero-order chi connectivity index (χ0) is 36.3. The van der Waals surface area contributed by atoms with E-state index in [-0.39, 0.29) is 36.5 Å². The lowest BCUT2D eigenvalue weighted by Crippen LogP contribution is -2.45. The number of amides is 1. The Morgan fingerprint density at radius 1 is 1.10 bits per heavy atom. The molecule has 2 aliphatic carbocycles. The van der Waals surface area contributed by atoms with Crippen molar-refractivity contribution in [3.05, 3.63) is 66.0 Å². The summed E-state index contributed by atoms with van der Waals surface area (Å²) in [6, 6.07) is 15.3. The Hall–Kier alpha value is -5.27. The number of nitriles is 1. The molecule has 2 aliphatic rings. The van der Waals surface area contributed by atoms with Crippen LogP contribution in [0.4, 0.5) is 24.9 Å². The van der Waals surface area contributed by atoms with Crippen LogP contribution in [-0.2, 0) is 20.9 Å². The topological polar surface area (TPSA) is 193 Å². The van der Waals surface area contributed by atoms with Gasteiger partial charge in [-0.15, -0.1) is 0 Å². The number of hydrogen-bond acceptors (Lipinski definition) is 11. The van der Waals surface area contributed by atoms with Crippen molar-refractivity contribution in [2.75, 3.05) is 10.6 Å². The largest absolute Gasteiger partial charge is 0.490 e. The highest BCUT2D eigenvalue weighted by Gasteiger charge is 2.51. The number of esters is 1. The molecular weight excluding hydrogens is 667 g/mol. The molecule has 0 spiro atoms. The number of hydrogen-bond donors (Lipinski definition) is 5. The van der Waals surface area contributed by atoms with Gasteiger partial charge in [0.25, 0.3) is 0 Å². The summed E-state index contributed by atoms with van der Waals surface area (Å²) in [5.41, 5.74) is 9.77. The molecule has 4 atom stereocenters. The molecule has 1 amide bonds. The molecule has 0 radical (unpaired) electrons. The number of ether oxygens (including phenoxy) is 1. The second kappa shape index (κ2) is 14.9. The van der Waals surface area contributed by atoms with Crippen molar-refractivity contribution in [3.8, 4) is 17.2 Å². The van der Waals surface area contributed by atoms with Crippen LogP contribution in [0.25, 0.3) is 22.3 Å². The number of nitrogens with zero attached hydrogens (tertiary/aromatic N) is 5. The molecule has 268 valence electrons. The van der Waals surface area contributed by atoms with Gasteiger partial charge >= 0.3 is 12.1 Å². The number of carbonyl (C=O) groups is 2. The number of rotatable bonds is 10. The monoisotopic (exact) mass is 705 g/mol. The molecule has 6 N–H and O–H groups in total. The number of halogens is 3. The van der Waals surface area contributed by atoms with E-state index >= 15 is 0 Å². The number of aromatic nitrogens is 4.